The first-order valence-electron chi connectivity index (χ1n) is 12.5. The molecule has 39 heavy (non-hydrogen) atoms. The highest BCUT2D eigenvalue weighted by Gasteiger charge is 2.38. The number of carbonyl (C=O) groups is 5. The van der Waals surface area contributed by atoms with E-state index in [9.17, 15) is 24.0 Å². The van der Waals surface area contributed by atoms with Gasteiger partial charge in [0.15, 0.2) is 0 Å². The van der Waals surface area contributed by atoms with Crippen LogP contribution in [0, 0.1) is 0 Å². The zero-order valence-corrected chi connectivity index (χ0v) is 20.7. The molecule has 1 N–H and O–H groups in total. The van der Waals surface area contributed by atoms with Crippen molar-refractivity contribution in [3.63, 3.8) is 0 Å². The molecule has 0 bridgehead atoms. The number of nitrogens with zero attached hydrogens (tertiary/aromatic N) is 2. The van der Waals surface area contributed by atoms with Gasteiger partial charge in [0.05, 0.1) is 34.9 Å². The lowest BCUT2D eigenvalue weighted by atomic mass is 10.1. The van der Waals surface area contributed by atoms with Gasteiger partial charge in [0.1, 0.15) is 18.0 Å². The van der Waals surface area contributed by atoms with Crippen molar-refractivity contribution in [2.24, 2.45) is 0 Å². The van der Waals surface area contributed by atoms with Crippen molar-refractivity contribution in [2.45, 2.75) is 18.9 Å². The first kappa shape index (κ1) is 24.5. The minimum absolute atomic E-state index is 0.141. The fraction of sp³-hybridized carbons (Fsp3) is 0.207. The van der Waals surface area contributed by atoms with Crippen molar-refractivity contribution in [2.75, 3.05) is 25.0 Å². The summed E-state index contributed by atoms with van der Waals surface area (Å²) >= 11 is 0. The Balaban J connectivity index is 1.11. The summed E-state index contributed by atoms with van der Waals surface area (Å²) in [5.41, 5.74) is 1.52. The van der Waals surface area contributed by atoms with Crippen LogP contribution in [0.4, 0.5) is 5.69 Å². The number of fused-ring (bicyclic) bond motifs is 2. The zero-order chi connectivity index (χ0) is 27.1. The van der Waals surface area contributed by atoms with Gasteiger partial charge in [0, 0.05) is 18.4 Å². The van der Waals surface area contributed by atoms with E-state index in [2.05, 4.69) is 5.32 Å². The van der Waals surface area contributed by atoms with Gasteiger partial charge >= 0.3 is 0 Å². The standard InChI is InChI=1S/C29H23N3O7/c33-25(16-32-26(34)21-8-1-2-9-22(21)27(32)35)30-17-5-3-6-18(13-17)39-19-10-11-23-24(14-19)29(37)31(28(23)36)15-20-7-4-12-38-20/h1-3,5-6,8-11,13-14,20H,4,7,12,15-16H2,(H,30,33). The van der Waals surface area contributed by atoms with Crippen LogP contribution in [0.5, 0.6) is 11.5 Å². The second kappa shape index (κ2) is 9.80. The number of imide groups is 2. The van der Waals surface area contributed by atoms with Gasteiger partial charge in [-0.25, -0.2) is 0 Å². The number of carbonyl (C=O) groups excluding carboxylic acids is 5. The fourth-order valence-electron chi connectivity index (χ4n) is 4.99. The molecule has 0 aliphatic carbocycles. The molecule has 6 rings (SSSR count). The van der Waals surface area contributed by atoms with Crippen molar-refractivity contribution in [3.8, 4) is 11.5 Å². The second-order valence-corrected chi connectivity index (χ2v) is 9.48. The lowest BCUT2D eigenvalue weighted by Crippen LogP contribution is -2.37. The van der Waals surface area contributed by atoms with E-state index in [1.165, 1.54) is 11.0 Å². The molecular formula is C29H23N3O7. The van der Waals surface area contributed by atoms with Crippen molar-refractivity contribution in [1.29, 1.82) is 0 Å². The molecule has 1 fully saturated rings. The number of amides is 5. The van der Waals surface area contributed by atoms with Crippen LogP contribution in [-0.2, 0) is 9.53 Å². The van der Waals surface area contributed by atoms with E-state index in [4.69, 9.17) is 9.47 Å². The predicted molar refractivity (Wildman–Crippen MR) is 138 cm³/mol. The summed E-state index contributed by atoms with van der Waals surface area (Å²) in [5.74, 6) is -1.58. The van der Waals surface area contributed by atoms with Gasteiger partial charge in [-0.15, -0.1) is 0 Å². The number of benzene rings is 3. The lowest BCUT2D eigenvalue weighted by molar-refractivity contribution is -0.116. The Labute approximate surface area is 223 Å². The topological polar surface area (TPSA) is 122 Å². The van der Waals surface area contributed by atoms with E-state index < -0.39 is 24.3 Å². The highest BCUT2D eigenvalue weighted by Crippen LogP contribution is 2.31. The average Bonchev–Trinajstić information content (AvgIpc) is 3.60. The molecule has 1 unspecified atom stereocenters. The maximum Gasteiger partial charge on any atom is 0.262 e. The fourth-order valence-corrected chi connectivity index (χ4v) is 4.99. The molecule has 0 radical (unpaired) electrons. The Morgan fingerprint density at radius 3 is 2.18 bits per heavy atom. The molecule has 3 aliphatic rings. The quantitative estimate of drug-likeness (QED) is 0.469. The van der Waals surface area contributed by atoms with Gasteiger partial charge in [-0.05, 0) is 55.3 Å². The summed E-state index contributed by atoms with van der Waals surface area (Å²) < 4.78 is 11.5. The Morgan fingerprint density at radius 1 is 0.795 bits per heavy atom. The lowest BCUT2D eigenvalue weighted by Gasteiger charge is -2.17. The molecule has 0 saturated carbocycles. The molecule has 3 aliphatic heterocycles. The van der Waals surface area contributed by atoms with Crippen LogP contribution in [-0.4, -0.2) is 65.1 Å². The summed E-state index contributed by atoms with van der Waals surface area (Å²) in [6.07, 6.45) is 1.58. The van der Waals surface area contributed by atoms with Crippen LogP contribution in [0.2, 0.25) is 0 Å². The molecule has 1 atom stereocenters. The van der Waals surface area contributed by atoms with E-state index in [1.54, 1.807) is 60.7 Å². The highest BCUT2D eigenvalue weighted by atomic mass is 16.5. The molecule has 0 spiro atoms. The summed E-state index contributed by atoms with van der Waals surface area (Å²) in [7, 11) is 0. The Bertz CT molecular complexity index is 1510. The SMILES string of the molecule is O=C(CN1C(=O)c2ccccc2C1=O)Nc1cccc(Oc2ccc3c(c2)C(=O)N(CC2CCCO2)C3=O)c1. The third kappa shape index (κ3) is 4.55. The monoisotopic (exact) mass is 525 g/mol. The third-order valence-electron chi connectivity index (χ3n) is 6.89. The first-order valence-corrected chi connectivity index (χ1v) is 12.5. The van der Waals surface area contributed by atoms with Gasteiger partial charge in [-0.1, -0.05) is 18.2 Å². The van der Waals surface area contributed by atoms with Crippen LogP contribution >= 0.6 is 0 Å². The van der Waals surface area contributed by atoms with E-state index >= 15 is 0 Å². The minimum Gasteiger partial charge on any atom is -0.457 e. The van der Waals surface area contributed by atoms with Crippen molar-refractivity contribution in [3.05, 3.63) is 89.0 Å². The van der Waals surface area contributed by atoms with Crippen LogP contribution in [0.1, 0.15) is 54.3 Å². The second-order valence-electron chi connectivity index (χ2n) is 9.48. The summed E-state index contributed by atoms with van der Waals surface area (Å²) in [6.45, 7) is 0.430. The van der Waals surface area contributed by atoms with E-state index in [0.717, 1.165) is 17.7 Å². The smallest absolute Gasteiger partial charge is 0.262 e. The maximum atomic E-state index is 12.9. The predicted octanol–water partition coefficient (Wildman–Crippen LogP) is 3.49. The van der Waals surface area contributed by atoms with Crippen molar-refractivity contribution >= 4 is 35.2 Å². The summed E-state index contributed by atoms with van der Waals surface area (Å²) in [6, 6.07) is 17.7. The molecule has 3 aromatic rings. The maximum absolute atomic E-state index is 12.9. The largest absolute Gasteiger partial charge is 0.457 e. The van der Waals surface area contributed by atoms with Crippen molar-refractivity contribution in [1.82, 2.24) is 9.80 Å². The van der Waals surface area contributed by atoms with Gasteiger partial charge in [-0.2, -0.15) is 0 Å². The Morgan fingerprint density at radius 2 is 1.46 bits per heavy atom. The van der Waals surface area contributed by atoms with E-state index in [-0.39, 0.29) is 41.2 Å². The molecular weight excluding hydrogens is 502 g/mol. The third-order valence-corrected chi connectivity index (χ3v) is 6.89. The Hall–Kier alpha value is -4.83. The van der Waals surface area contributed by atoms with Gasteiger partial charge in [0.25, 0.3) is 23.6 Å². The van der Waals surface area contributed by atoms with Crippen LogP contribution < -0.4 is 10.1 Å². The Kier molecular flexibility index (Phi) is 6.16. The van der Waals surface area contributed by atoms with Gasteiger partial charge in [0.2, 0.25) is 5.91 Å². The molecule has 1 saturated heterocycles. The summed E-state index contributed by atoms with van der Waals surface area (Å²) in [4.78, 5) is 65.5. The molecule has 3 heterocycles. The zero-order valence-electron chi connectivity index (χ0n) is 20.7. The van der Waals surface area contributed by atoms with E-state index in [0.29, 0.717) is 29.4 Å². The molecule has 3 aromatic carbocycles. The first-order chi connectivity index (χ1) is 18.9. The van der Waals surface area contributed by atoms with Crippen LogP contribution in [0.3, 0.4) is 0 Å². The number of hydrogen-bond acceptors (Lipinski definition) is 7. The number of nitrogens with one attached hydrogen (secondary N) is 1. The number of anilines is 1. The van der Waals surface area contributed by atoms with Crippen LogP contribution in [0.15, 0.2) is 66.7 Å². The highest BCUT2D eigenvalue weighted by molar-refractivity contribution is 6.23. The minimum atomic E-state index is -0.547. The summed E-state index contributed by atoms with van der Waals surface area (Å²) in [5, 5.41) is 2.68. The van der Waals surface area contributed by atoms with Crippen LogP contribution in [0.25, 0.3) is 0 Å². The molecule has 10 nitrogen and oxygen atoms in total. The van der Waals surface area contributed by atoms with Gasteiger partial charge in [-0.3, -0.25) is 33.8 Å². The number of rotatable bonds is 7. The molecule has 5 amide bonds. The van der Waals surface area contributed by atoms with Crippen molar-refractivity contribution < 1.29 is 33.4 Å². The van der Waals surface area contributed by atoms with Gasteiger partial charge < -0.3 is 14.8 Å². The molecule has 10 heteroatoms. The number of ether oxygens (including phenoxy) is 2. The molecule has 0 aromatic heterocycles. The molecule has 196 valence electrons. The normalized spacial score (nSPS) is 18.0. The average molecular weight is 526 g/mol. The van der Waals surface area contributed by atoms with E-state index in [1.807, 2.05) is 0 Å². The number of hydrogen-bond donors (Lipinski definition) is 1.